The third kappa shape index (κ3) is 5.73. The van der Waals surface area contributed by atoms with E-state index in [0.717, 1.165) is 5.56 Å². The monoisotopic (exact) mass is 386 g/mol. The Balaban J connectivity index is 2.02. The molecule has 0 bridgehead atoms. The van der Waals surface area contributed by atoms with Crippen LogP contribution in [0.15, 0.2) is 24.3 Å². The molecule has 1 heterocycles. The quantitative estimate of drug-likeness (QED) is 0.810. The zero-order chi connectivity index (χ0) is 19.5. The molecule has 0 spiro atoms. The van der Waals surface area contributed by atoms with Gasteiger partial charge in [0.1, 0.15) is 5.82 Å². The second kappa shape index (κ2) is 7.99. The summed E-state index contributed by atoms with van der Waals surface area (Å²) in [6.45, 7) is 7.73. The molecule has 146 valence electrons. The molecular formula is C17H27FN4O3S. The van der Waals surface area contributed by atoms with Gasteiger partial charge < -0.3 is 4.90 Å². The van der Waals surface area contributed by atoms with Gasteiger partial charge in [-0.25, -0.2) is 9.53 Å². The number of piperazine rings is 1. The molecule has 1 aromatic rings. The van der Waals surface area contributed by atoms with Crippen molar-refractivity contribution in [1.29, 1.82) is 0 Å². The van der Waals surface area contributed by atoms with E-state index in [1.165, 1.54) is 16.4 Å². The number of carbonyl (C=O) groups is 1. The zero-order valence-electron chi connectivity index (χ0n) is 15.5. The van der Waals surface area contributed by atoms with Crippen LogP contribution in [0, 0.1) is 5.82 Å². The van der Waals surface area contributed by atoms with Crippen molar-refractivity contribution in [1.82, 2.24) is 14.1 Å². The summed E-state index contributed by atoms with van der Waals surface area (Å²) in [6.07, 6.45) is 0. The van der Waals surface area contributed by atoms with Gasteiger partial charge in [0.2, 0.25) is 5.91 Å². The first-order valence-electron chi connectivity index (χ1n) is 8.52. The van der Waals surface area contributed by atoms with Crippen LogP contribution in [0.4, 0.5) is 4.39 Å². The van der Waals surface area contributed by atoms with Crippen LogP contribution >= 0.6 is 0 Å². The molecule has 1 aliphatic rings. The van der Waals surface area contributed by atoms with Crippen LogP contribution in [0.25, 0.3) is 0 Å². The molecule has 2 N–H and O–H groups in total. The molecule has 0 atom stereocenters. The van der Waals surface area contributed by atoms with E-state index in [4.69, 9.17) is 5.14 Å². The van der Waals surface area contributed by atoms with E-state index in [9.17, 15) is 17.6 Å². The van der Waals surface area contributed by atoms with Gasteiger partial charge in [-0.2, -0.15) is 12.7 Å². The lowest BCUT2D eigenvalue weighted by atomic mass is 10.0. The standard InChI is InChI=1S/C17H27FN4O3S/c1-17(2,3)22(12-14-5-4-6-15(18)11-14)16(23)13-20-7-9-21(10-8-20)26(19,24)25/h4-6,11H,7-10,12-13H2,1-3H3,(H2,19,24,25). The second-order valence-electron chi connectivity index (χ2n) is 7.50. The van der Waals surface area contributed by atoms with Gasteiger partial charge >= 0.3 is 0 Å². The molecule has 2 rings (SSSR count). The highest BCUT2D eigenvalue weighted by atomic mass is 32.2. The number of nitrogens with two attached hydrogens (primary N) is 1. The van der Waals surface area contributed by atoms with Crippen LogP contribution in [0.2, 0.25) is 0 Å². The summed E-state index contributed by atoms with van der Waals surface area (Å²) < 4.78 is 37.4. The molecule has 0 aromatic heterocycles. The zero-order valence-corrected chi connectivity index (χ0v) is 16.3. The molecule has 9 heteroatoms. The Kier molecular flexibility index (Phi) is 6.38. The average molecular weight is 386 g/mol. The number of hydrogen-bond donors (Lipinski definition) is 1. The first kappa shape index (κ1) is 20.8. The normalized spacial score (nSPS) is 17.3. The van der Waals surface area contributed by atoms with Crippen LogP contribution in [0.3, 0.4) is 0 Å². The Morgan fingerprint density at radius 2 is 1.85 bits per heavy atom. The van der Waals surface area contributed by atoms with E-state index in [-0.39, 0.29) is 31.4 Å². The van der Waals surface area contributed by atoms with Gasteiger partial charge in [0, 0.05) is 38.3 Å². The number of hydrogen-bond acceptors (Lipinski definition) is 4. The Hall–Kier alpha value is -1.55. The minimum atomic E-state index is -3.69. The first-order valence-corrected chi connectivity index (χ1v) is 10.0. The lowest BCUT2D eigenvalue weighted by Crippen LogP contribution is -2.54. The third-order valence-corrected chi connectivity index (χ3v) is 5.48. The Morgan fingerprint density at radius 1 is 1.23 bits per heavy atom. The fraction of sp³-hybridized carbons (Fsp3) is 0.588. The van der Waals surface area contributed by atoms with Crippen LogP contribution in [0.1, 0.15) is 26.3 Å². The predicted molar refractivity (Wildman–Crippen MR) is 97.8 cm³/mol. The van der Waals surface area contributed by atoms with Crippen molar-refractivity contribution >= 4 is 16.1 Å². The molecule has 1 aromatic carbocycles. The molecule has 26 heavy (non-hydrogen) atoms. The fourth-order valence-electron chi connectivity index (χ4n) is 2.94. The summed E-state index contributed by atoms with van der Waals surface area (Å²) in [5, 5.41) is 5.13. The largest absolute Gasteiger partial charge is 0.332 e. The molecule has 1 saturated heterocycles. The van der Waals surface area contributed by atoms with Crippen LogP contribution < -0.4 is 5.14 Å². The van der Waals surface area contributed by atoms with Gasteiger partial charge in [-0.05, 0) is 38.5 Å². The van der Waals surface area contributed by atoms with Crippen LogP contribution in [0.5, 0.6) is 0 Å². The van der Waals surface area contributed by atoms with Crippen molar-refractivity contribution in [3.63, 3.8) is 0 Å². The van der Waals surface area contributed by atoms with Gasteiger partial charge in [-0.3, -0.25) is 9.69 Å². The van der Waals surface area contributed by atoms with Crippen LogP contribution in [-0.4, -0.2) is 66.7 Å². The van der Waals surface area contributed by atoms with E-state index in [1.54, 1.807) is 17.0 Å². The number of carbonyl (C=O) groups excluding carboxylic acids is 1. The maximum absolute atomic E-state index is 13.4. The van der Waals surface area contributed by atoms with E-state index in [1.807, 2.05) is 25.7 Å². The van der Waals surface area contributed by atoms with Gasteiger partial charge in [0.15, 0.2) is 0 Å². The van der Waals surface area contributed by atoms with Gasteiger partial charge in [0.05, 0.1) is 6.54 Å². The Morgan fingerprint density at radius 3 is 2.35 bits per heavy atom. The third-order valence-electron chi connectivity index (χ3n) is 4.39. The number of halogens is 1. The van der Waals surface area contributed by atoms with E-state index < -0.39 is 15.7 Å². The summed E-state index contributed by atoms with van der Waals surface area (Å²) in [5.41, 5.74) is 0.304. The molecule has 1 fully saturated rings. The van der Waals surface area contributed by atoms with Crippen molar-refractivity contribution in [3.8, 4) is 0 Å². The highest BCUT2D eigenvalue weighted by Gasteiger charge is 2.30. The van der Waals surface area contributed by atoms with Crippen molar-refractivity contribution in [3.05, 3.63) is 35.6 Å². The second-order valence-corrected chi connectivity index (χ2v) is 9.05. The van der Waals surface area contributed by atoms with E-state index in [0.29, 0.717) is 19.6 Å². The summed E-state index contributed by atoms with van der Waals surface area (Å²) in [7, 11) is -3.69. The predicted octanol–water partition coefficient (Wildman–Crippen LogP) is 0.774. The number of amides is 1. The molecule has 7 nitrogen and oxygen atoms in total. The molecule has 0 aliphatic carbocycles. The molecule has 1 aliphatic heterocycles. The number of rotatable bonds is 5. The van der Waals surface area contributed by atoms with Crippen LogP contribution in [-0.2, 0) is 21.5 Å². The Labute approximate surface area is 154 Å². The Bertz CT molecular complexity index is 741. The van der Waals surface area contributed by atoms with Gasteiger partial charge in [-0.1, -0.05) is 12.1 Å². The summed E-state index contributed by atoms with van der Waals surface area (Å²) >= 11 is 0. The van der Waals surface area contributed by atoms with Gasteiger partial charge in [-0.15, -0.1) is 0 Å². The maximum Gasteiger partial charge on any atom is 0.276 e. The highest BCUT2D eigenvalue weighted by Crippen LogP contribution is 2.19. The number of benzene rings is 1. The van der Waals surface area contributed by atoms with Gasteiger partial charge in [0.25, 0.3) is 10.2 Å². The van der Waals surface area contributed by atoms with Crippen molar-refractivity contribution < 1.29 is 17.6 Å². The lowest BCUT2D eigenvalue weighted by Gasteiger charge is -2.39. The summed E-state index contributed by atoms with van der Waals surface area (Å²) in [5.74, 6) is -0.409. The topological polar surface area (TPSA) is 86.9 Å². The van der Waals surface area contributed by atoms with E-state index in [2.05, 4.69) is 0 Å². The SMILES string of the molecule is CC(C)(C)N(Cc1cccc(F)c1)C(=O)CN1CCN(S(N)(=O)=O)CC1. The minimum absolute atomic E-state index is 0.0779. The minimum Gasteiger partial charge on any atom is -0.332 e. The maximum atomic E-state index is 13.4. The highest BCUT2D eigenvalue weighted by molar-refractivity contribution is 7.86. The van der Waals surface area contributed by atoms with Crippen molar-refractivity contribution in [2.45, 2.75) is 32.9 Å². The molecule has 0 radical (unpaired) electrons. The molecular weight excluding hydrogens is 359 g/mol. The molecule has 1 amide bonds. The fourth-order valence-corrected chi connectivity index (χ4v) is 3.61. The summed E-state index contributed by atoms with van der Waals surface area (Å²) in [4.78, 5) is 16.5. The average Bonchev–Trinajstić information content (AvgIpc) is 2.51. The molecule has 0 unspecified atom stereocenters. The number of nitrogens with zero attached hydrogens (tertiary/aromatic N) is 3. The van der Waals surface area contributed by atoms with E-state index >= 15 is 0 Å². The smallest absolute Gasteiger partial charge is 0.276 e. The lowest BCUT2D eigenvalue weighted by molar-refractivity contribution is -0.138. The molecule has 0 saturated carbocycles. The summed E-state index contributed by atoms with van der Waals surface area (Å²) in [6, 6.07) is 6.22. The van der Waals surface area contributed by atoms with Crippen molar-refractivity contribution in [2.75, 3.05) is 32.7 Å². The first-order chi connectivity index (χ1) is 12.0. The van der Waals surface area contributed by atoms with Crippen molar-refractivity contribution in [2.24, 2.45) is 5.14 Å².